The van der Waals surface area contributed by atoms with Crippen molar-refractivity contribution in [2.24, 2.45) is 0 Å². The number of nitrogens with zero attached hydrogens (tertiary/aromatic N) is 3. The zero-order chi connectivity index (χ0) is 22.7. The van der Waals surface area contributed by atoms with Gasteiger partial charge in [0.2, 0.25) is 5.76 Å². The largest absolute Gasteiger partial charge is 0.450 e. The minimum Gasteiger partial charge on any atom is -0.450 e. The molecule has 2 aromatic heterocycles. The molecule has 0 spiro atoms. The highest BCUT2D eigenvalue weighted by atomic mass is 35.5. The van der Waals surface area contributed by atoms with Gasteiger partial charge in [0.25, 0.3) is 11.6 Å². The number of carbonyl (C=O) groups excluding carboxylic acids is 1. The topological polar surface area (TPSA) is 107 Å². The SMILES string of the molecule is Cc1nc(N2C(=O)c3oc4ccc(Cl)cc4c(=O)c3[C@@H]2c2ccc([N+](=O)[O-])cc2)sc1C. The fourth-order valence-electron chi connectivity index (χ4n) is 3.79. The molecule has 0 saturated heterocycles. The zero-order valence-corrected chi connectivity index (χ0v) is 18.4. The lowest BCUT2D eigenvalue weighted by Crippen LogP contribution is -2.29. The normalized spacial score (nSPS) is 15.4. The van der Waals surface area contributed by atoms with E-state index in [9.17, 15) is 19.7 Å². The van der Waals surface area contributed by atoms with Gasteiger partial charge in [-0.15, -0.1) is 11.3 Å². The summed E-state index contributed by atoms with van der Waals surface area (Å²) >= 11 is 7.41. The second-order valence-electron chi connectivity index (χ2n) is 7.38. The van der Waals surface area contributed by atoms with Crippen LogP contribution in [-0.2, 0) is 0 Å². The highest BCUT2D eigenvalue weighted by Gasteiger charge is 2.45. The minimum absolute atomic E-state index is 0.0707. The number of hydrogen-bond acceptors (Lipinski definition) is 7. The molecule has 3 heterocycles. The molecule has 0 N–H and O–H groups in total. The van der Waals surface area contributed by atoms with E-state index in [1.807, 2.05) is 13.8 Å². The van der Waals surface area contributed by atoms with Crippen LogP contribution in [0.4, 0.5) is 10.8 Å². The fraction of sp³-hybridized carbons (Fsp3) is 0.136. The van der Waals surface area contributed by atoms with Gasteiger partial charge in [0.1, 0.15) is 5.58 Å². The first-order valence-electron chi connectivity index (χ1n) is 9.54. The van der Waals surface area contributed by atoms with Crippen LogP contribution in [0.2, 0.25) is 5.02 Å². The van der Waals surface area contributed by atoms with Crippen molar-refractivity contribution < 1.29 is 14.1 Å². The number of amides is 1. The van der Waals surface area contributed by atoms with Crippen LogP contribution in [0, 0.1) is 24.0 Å². The monoisotopic (exact) mass is 467 g/mol. The number of aromatic nitrogens is 1. The molecule has 0 aliphatic carbocycles. The summed E-state index contributed by atoms with van der Waals surface area (Å²) in [5, 5.41) is 12.1. The van der Waals surface area contributed by atoms with Gasteiger partial charge in [-0.3, -0.25) is 24.6 Å². The molecule has 1 atom stereocenters. The van der Waals surface area contributed by atoms with Crippen molar-refractivity contribution in [1.29, 1.82) is 0 Å². The van der Waals surface area contributed by atoms with Gasteiger partial charge in [-0.2, -0.15) is 0 Å². The van der Waals surface area contributed by atoms with Gasteiger partial charge < -0.3 is 4.42 Å². The third kappa shape index (κ3) is 3.01. The van der Waals surface area contributed by atoms with E-state index < -0.39 is 16.9 Å². The lowest BCUT2D eigenvalue weighted by molar-refractivity contribution is -0.384. The van der Waals surface area contributed by atoms with E-state index in [-0.39, 0.29) is 33.4 Å². The van der Waals surface area contributed by atoms with Crippen molar-refractivity contribution in [3.63, 3.8) is 0 Å². The molecule has 1 amide bonds. The Kier molecular flexibility index (Phi) is 4.61. The van der Waals surface area contributed by atoms with E-state index in [0.717, 1.165) is 10.6 Å². The summed E-state index contributed by atoms with van der Waals surface area (Å²) in [7, 11) is 0. The predicted octanol–water partition coefficient (Wildman–Crippen LogP) is 5.18. The van der Waals surface area contributed by atoms with Gasteiger partial charge in [-0.05, 0) is 49.7 Å². The van der Waals surface area contributed by atoms with E-state index in [4.69, 9.17) is 16.0 Å². The van der Waals surface area contributed by atoms with E-state index in [1.165, 1.54) is 46.6 Å². The summed E-state index contributed by atoms with van der Waals surface area (Å²) in [4.78, 5) is 44.4. The average Bonchev–Trinajstić information content (AvgIpc) is 3.25. The molecule has 0 fully saturated rings. The number of aryl methyl sites for hydroxylation is 2. The van der Waals surface area contributed by atoms with Crippen LogP contribution in [0.3, 0.4) is 0 Å². The Bertz CT molecular complexity index is 1470. The van der Waals surface area contributed by atoms with Crippen LogP contribution >= 0.6 is 22.9 Å². The van der Waals surface area contributed by atoms with Crippen molar-refractivity contribution in [3.05, 3.63) is 95.3 Å². The van der Waals surface area contributed by atoms with Crippen molar-refractivity contribution >= 4 is 50.6 Å². The summed E-state index contributed by atoms with van der Waals surface area (Å²) in [6.45, 7) is 3.73. The Morgan fingerprint density at radius 3 is 2.50 bits per heavy atom. The first-order valence-corrected chi connectivity index (χ1v) is 10.7. The molecule has 2 aromatic carbocycles. The molecular formula is C22H14ClN3O5S. The molecule has 1 aliphatic rings. The Labute approximate surface area is 189 Å². The Morgan fingerprint density at radius 2 is 1.88 bits per heavy atom. The second kappa shape index (κ2) is 7.25. The van der Waals surface area contributed by atoms with Crippen molar-refractivity contribution in [2.45, 2.75) is 19.9 Å². The molecule has 160 valence electrons. The summed E-state index contributed by atoms with van der Waals surface area (Å²) in [5.74, 6) is -0.565. The number of benzene rings is 2. The molecule has 8 nitrogen and oxygen atoms in total. The molecule has 0 saturated carbocycles. The third-order valence-corrected chi connectivity index (χ3v) is 6.78. The maximum Gasteiger partial charge on any atom is 0.297 e. The van der Waals surface area contributed by atoms with Crippen molar-refractivity contribution in [1.82, 2.24) is 4.98 Å². The van der Waals surface area contributed by atoms with Crippen LogP contribution in [0.1, 0.15) is 38.3 Å². The maximum absolute atomic E-state index is 13.5. The Morgan fingerprint density at radius 1 is 1.16 bits per heavy atom. The van der Waals surface area contributed by atoms with Crippen molar-refractivity contribution in [3.8, 4) is 0 Å². The number of halogens is 1. The van der Waals surface area contributed by atoms with Gasteiger partial charge in [0.15, 0.2) is 10.6 Å². The number of hydrogen-bond donors (Lipinski definition) is 0. The highest BCUT2D eigenvalue weighted by molar-refractivity contribution is 7.15. The van der Waals surface area contributed by atoms with Crippen LogP contribution in [0.15, 0.2) is 51.7 Å². The Balaban J connectivity index is 1.79. The second-order valence-corrected chi connectivity index (χ2v) is 9.00. The minimum atomic E-state index is -0.845. The number of anilines is 1. The first kappa shape index (κ1) is 20.3. The summed E-state index contributed by atoms with van der Waals surface area (Å²) < 4.78 is 5.87. The molecular weight excluding hydrogens is 454 g/mol. The van der Waals surface area contributed by atoms with Gasteiger partial charge in [0, 0.05) is 22.0 Å². The van der Waals surface area contributed by atoms with E-state index in [0.29, 0.717) is 15.7 Å². The van der Waals surface area contributed by atoms with Crippen LogP contribution in [0.5, 0.6) is 0 Å². The van der Waals surface area contributed by atoms with Crippen LogP contribution in [-0.4, -0.2) is 15.8 Å². The number of carbonyl (C=O) groups is 1. The average molecular weight is 468 g/mol. The summed E-state index contributed by atoms with van der Waals surface area (Å²) in [5.41, 5.74) is 1.23. The lowest BCUT2D eigenvalue weighted by atomic mass is 9.98. The molecule has 32 heavy (non-hydrogen) atoms. The maximum atomic E-state index is 13.5. The molecule has 10 heteroatoms. The lowest BCUT2D eigenvalue weighted by Gasteiger charge is -2.22. The Hall–Kier alpha value is -3.56. The van der Waals surface area contributed by atoms with E-state index in [2.05, 4.69) is 4.98 Å². The molecule has 0 radical (unpaired) electrons. The standard InChI is InChI=1S/C22H14ClN3O5S/c1-10-11(2)32-22(24-10)25-18(12-3-6-14(7-4-12)26(29)30)17-19(27)15-9-13(23)5-8-16(15)31-20(17)21(25)28/h3-9,18H,1-2H3/t18-/m0/s1. The first-order chi connectivity index (χ1) is 15.3. The predicted molar refractivity (Wildman–Crippen MR) is 121 cm³/mol. The van der Waals surface area contributed by atoms with E-state index in [1.54, 1.807) is 12.1 Å². The number of fused-ring (bicyclic) bond motifs is 2. The molecule has 5 rings (SSSR count). The smallest absolute Gasteiger partial charge is 0.297 e. The number of nitro groups is 1. The molecule has 0 unspecified atom stereocenters. The zero-order valence-electron chi connectivity index (χ0n) is 16.8. The van der Waals surface area contributed by atoms with Crippen molar-refractivity contribution in [2.75, 3.05) is 4.90 Å². The summed E-state index contributed by atoms with van der Waals surface area (Å²) in [6, 6.07) is 9.54. The summed E-state index contributed by atoms with van der Waals surface area (Å²) in [6.07, 6.45) is 0. The van der Waals surface area contributed by atoms with E-state index >= 15 is 0 Å². The molecule has 1 aliphatic heterocycles. The van der Waals surface area contributed by atoms with Gasteiger partial charge in [-0.1, -0.05) is 11.6 Å². The number of non-ortho nitro benzene ring substituents is 1. The highest BCUT2D eigenvalue weighted by Crippen LogP contribution is 2.43. The van der Waals surface area contributed by atoms with Crippen LogP contribution < -0.4 is 10.3 Å². The number of nitro benzene ring substituents is 1. The molecule has 4 aromatic rings. The quantitative estimate of drug-likeness (QED) is 0.303. The molecule has 0 bridgehead atoms. The number of rotatable bonds is 3. The fourth-order valence-corrected chi connectivity index (χ4v) is 4.90. The van der Waals surface area contributed by atoms with Crippen LogP contribution in [0.25, 0.3) is 11.0 Å². The number of thiazole rings is 1. The van der Waals surface area contributed by atoms with Gasteiger partial charge in [0.05, 0.1) is 27.6 Å². The van der Waals surface area contributed by atoms with Gasteiger partial charge in [-0.25, -0.2) is 4.98 Å². The third-order valence-electron chi connectivity index (χ3n) is 5.48. The van der Waals surface area contributed by atoms with Gasteiger partial charge >= 0.3 is 0 Å².